The Labute approximate surface area is 222 Å². The number of ether oxygens (including phenoxy) is 1. The Bertz CT molecular complexity index is 1510. The second-order valence-corrected chi connectivity index (χ2v) is 9.51. The molecule has 188 valence electrons. The molecule has 1 N–H and O–H groups in total. The summed E-state index contributed by atoms with van der Waals surface area (Å²) in [6.45, 7) is 1.94. The number of fused-ring (bicyclic) bond motifs is 2. The monoisotopic (exact) mass is 511 g/mol. The van der Waals surface area contributed by atoms with Crippen LogP contribution in [0, 0.1) is 0 Å². The van der Waals surface area contributed by atoms with Crippen LogP contribution in [0.4, 0.5) is 0 Å². The molecule has 0 saturated heterocycles. The molecule has 0 radical (unpaired) electrons. The van der Waals surface area contributed by atoms with Gasteiger partial charge < -0.3 is 14.6 Å². The summed E-state index contributed by atoms with van der Waals surface area (Å²) in [6.07, 6.45) is 3.80. The molecule has 0 atom stereocenters. The van der Waals surface area contributed by atoms with Crippen molar-refractivity contribution in [3.63, 3.8) is 0 Å². The Hall–Kier alpha value is -3.83. The molecular weight excluding hydrogens is 482 g/mol. The number of imidazole rings is 1. The van der Waals surface area contributed by atoms with Gasteiger partial charge in [-0.2, -0.15) is 0 Å². The Kier molecular flexibility index (Phi) is 8.02. The fourth-order valence-electron chi connectivity index (χ4n) is 4.65. The first-order valence-corrected chi connectivity index (χ1v) is 13.2. The van der Waals surface area contributed by atoms with Crippen LogP contribution in [0.25, 0.3) is 21.8 Å². The maximum absolute atomic E-state index is 12.3. The molecule has 6 heteroatoms. The van der Waals surface area contributed by atoms with E-state index in [-0.39, 0.29) is 5.91 Å². The highest BCUT2D eigenvalue weighted by Crippen LogP contribution is 2.25. The van der Waals surface area contributed by atoms with Gasteiger partial charge in [-0.3, -0.25) is 4.79 Å². The first kappa shape index (κ1) is 24.8. The second kappa shape index (κ2) is 11.9. The fourth-order valence-corrected chi connectivity index (χ4v) is 4.84. The lowest BCUT2D eigenvalue weighted by Crippen LogP contribution is -2.24. The predicted octanol–water partition coefficient (Wildman–Crippen LogP) is 7.06. The van der Waals surface area contributed by atoms with Crippen LogP contribution >= 0.6 is 11.6 Å². The number of nitrogens with one attached hydrogen (secondary N) is 1. The van der Waals surface area contributed by atoms with Gasteiger partial charge in [0.1, 0.15) is 18.2 Å². The van der Waals surface area contributed by atoms with E-state index >= 15 is 0 Å². The van der Waals surface area contributed by atoms with E-state index in [1.54, 1.807) is 24.3 Å². The third-order valence-corrected chi connectivity index (χ3v) is 6.74. The van der Waals surface area contributed by atoms with Crippen LogP contribution in [0.1, 0.15) is 35.4 Å². The van der Waals surface area contributed by atoms with Gasteiger partial charge >= 0.3 is 0 Å². The van der Waals surface area contributed by atoms with E-state index < -0.39 is 0 Å². The van der Waals surface area contributed by atoms with E-state index in [1.165, 1.54) is 5.39 Å². The zero-order valence-electron chi connectivity index (χ0n) is 20.7. The van der Waals surface area contributed by atoms with E-state index in [9.17, 15) is 4.79 Å². The van der Waals surface area contributed by atoms with Gasteiger partial charge in [-0.15, -0.1) is 0 Å². The fraction of sp³-hybridized carbons (Fsp3) is 0.226. The van der Waals surface area contributed by atoms with Crippen molar-refractivity contribution in [3.05, 3.63) is 107 Å². The van der Waals surface area contributed by atoms with Crippen molar-refractivity contribution in [1.29, 1.82) is 0 Å². The van der Waals surface area contributed by atoms with Crippen molar-refractivity contribution in [2.24, 2.45) is 0 Å². The first-order chi connectivity index (χ1) is 18.2. The van der Waals surface area contributed by atoms with E-state index in [2.05, 4.69) is 46.3 Å². The minimum absolute atomic E-state index is 0.0875. The average Bonchev–Trinajstić information content (AvgIpc) is 3.28. The average molecular weight is 512 g/mol. The third kappa shape index (κ3) is 6.12. The molecule has 1 heterocycles. The number of carbonyl (C=O) groups is 1. The highest BCUT2D eigenvalue weighted by atomic mass is 35.5. The van der Waals surface area contributed by atoms with Crippen LogP contribution in [0.2, 0.25) is 5.02 Å². The van der Waals surface area contributed by atoms with Crippen molar-refractivity contribution in [2.75, 3.05) is 13.2 Å². The quantitative estimate of drug-likeness (QED) is 0.193. The summed E-state index contributed by atoms with van der Waals surface area (Å²) in [5, 5.41) is 5.85. The number of rotatable bonds is 11. The Morgan fingerprint density at radius 2 is 1.70 bits per heavy atom. The number of halogens is 1. The van der Waals surface area contributed by atoms with Gasteiger partial charge in [-0.1, -0.05) is 72.6 Å². The molecule has 5 nitrogen and oxygen atoms in total. The maximum Gasteiger partial charge on any atom is 0.251 e. The van der Waals surface area contributed by atoms with Crippen molar-refractivity contribution in [2.45, 2.75) is 32.2 Å². The molecule has 5 aromatic rings. The highest BCUT2D eigenvalue weighted by molar-refractivity contribution is 6.30. The molecule has 0 bridgehead atoms. The minimum Gasteiger partial charge on any atom is -0.491 e. The molecule has 0 aliphatic rings. The SMILES string of the molecule is O=C(NCCCCCc1nc2ccccc2n1CCOc1cccc2ccccc12)c1cccc(Cl)c1. The second-order valence-electron chi connectivity index (χ2n) is 9.07. The summed E-state index contributed by atoms with van der Waals surface area (Å²) in [5.74, 6) is 1.89. The number of nitrogens with zero attached hydrogens (tertiary/aromatic N) is 2. The molecule has 0 aliphatic carbocycles. The molecule has 37 heavy (non-hydrogen) atoms. The number of benzene rings is 4. The first-order valence-electron chi connectivity index (χ1n) is 12.8. The van der Waals surface area contributed by atoms with Gasteiger partial charge in [0.25, 0.3) is 5.91 Å². The topological polar surface area (TPSA) is 56.2 Å². The summed E-state index contributed by atoms with van der Waals surface area (Å²) < 4.78 is 8.50. The number of hydrogen-bond donors (Lipinski definition) is 1. The maximum atomic E-state index is 12.3. The largest absolute Gasteiger partial charge is 0.491 e. The van der Waals surface area contributed by atoms with Gasteiger partial charge in [0.05, 0.1) is 17.6 Å². The molecule has 1 aromatic heterocycles. The number of unbranched alkanes of at least 4 members (excludes halogenated alkanes) is 2. The lowest BCUT2D eigenvalue weighted by Gasteiger charge is -2.12. The number of aromatic nitrogens is 2. The van der Waals surface area contributed by atoms with Gasteiger partial charge in [-0.05, 0) is 54.6 Å². The van der Waals surface area contributed by atoms with E-state index in [0.29, 0.717) is 23.7 Å². The van der Waals surface area contributed by atoms with Crippen molar-refractivity contribution >= 4 is 39.3 Å². The Morgan fingerprint density at radius 1 is 0.892 bits per heavy atom. The lowest BCUT2D eigenvalue weighted by atomic mass is 10.1. The number of aryl methyl sites for hydroxylation is 1. The molecule has 0 aliphatic heterocycles. The van der Waals surface area contributed by atoms with E-state index in [4.69, 9.17) is 21.3 Å². The standard InChI is InChI=1S/C31H30ClN3O2/c32-25-13-8-12-24(22-25)31(36)33-19-7-1-2-18-30-34-27-15-5-6-16-28(27)35(30)20-21-37-29-17-9-11-23-10-3-4-14-26(23)29/h3-6,8-17,22H,1-2,7,18-21H2,(H,33,36). The molecule has 4 aromatic carbocycles. The molecule has 0 fully saturated rings. The molecule has 5 rings (SSSR count). The molecule has 0 saturated carbocycles. The number of carbonyl (C=O) groups excluding carboxylic acids is 1. The molecule has 0 unspecified atom stereocenters. The van der Waals surface area contributed by atoms with Crippen LogP contribution in [0.15, 0.2) is 91.0 Å². The summed E-state index contributed by atoms with van der Waals surface area (Å²) in [7, 11) is 0. The predicted molar refractivity (Wildman–Crippen MR) is 151 cm³/mol. The van der Waals surface area contributed by atoms with Crippen LogP contribution in [-0.2, 0) is 13.0 Å². The van der Waals surface area contributed by atoms with Gasteiger partial charge in [0.15, 0.2) is 0 Å². The van der Waals surface area contributed by atoms with Crippen LogP contribution in [-0.4, -0.2) is 28.6 Å². The summed E-state index contributed by atoms with van der Waals surface area (Å²) in [5.41, 5.74) is 2.73. The van der Waals surface area contributed by atoms with Gasteiger partial charge in [-0.25, -0.2) is 4.98 Å². The normalized spacial score (nSPS) is 11.2. The smallest absolute Gasteiger partial charge is 0.251 e. The summed E-state index contributed by atoms with van der Waals surface area (Å²) in [6, 6.07) is 29.7. The Morgan fingerprint density at radius 3 is 2.62 bits per heavy atom. The van der Waals surface area contributed by atoms with Crippen molar-refractivity contribution in [3.8, 4) is 5.75 Å². The van der Waals surface area contributed by atoms with E-state index in [1.807, 2.05) is 30.3 Å². The summed E-state index contributed by atoms with van der Waals surface area (Å²) >= 11 is 5.98. The number of hydrogen-bond acceptors (Lipinski definition) is 3. The van der Waals surface area contributed by atoms with E-state index in [0.717, 1.165) is 60.2 Å². The van der Waals surface area contributed by atoms with Gasteiger partial charge in [0.2, 0.25) is 0 Å². The number of amides is 1. The van der Waals surface area contributed by atoms with Crippen LogP contribution in [0.5, 0.6) is 5.75 Å². The van der Waals surface area contributed by atoms with Crippen molar-refractivity contribution in [1.82, 2.24) is 14.9 Å². The number of para-hydroxylation sites is 2. The Balaban J connectivity index is 1.15. The molecule has 0 spiro atoms. The van der Waals surface area contributed by atoms with Crippen LogP contribution in [0.3, 0.4) is 0 Å². The van der Waals surface area contributed by atoms with Crippen molar-refractivity contribution < 1.29 is 9.53 Å². The third-order valence-electron chi connectivity index (χ3n) is 6.51. The molecular formula is C31H30ClN3O2. The van der Waals surface area contributed by atoms with Crippen LogP contribution < -0.4 is 10.1 Å². The van der Waals surface area contributed by atoms with Gasteiger partial charge in [0, 0.05) is 28.9 Å². The summed E-state index contributed by atoms with van der Waals surface area (Å²) in [4.78, 5) is 17.2. The zero-order valence-corrected chi connectivity index (χ0v) is 21.5. The lowest BCUT2D eigenvalue weighted by molar-refractivity contribution is 0.0953. The zero-order chi connectivity index (χ0) is 25.5. The molecule has 1 amide bonds. The minimum atomic E-state index is -0.0875. The highest BCUT2D eigenvalue weighted by Gasteiger charge is 2.11.